The van der Waals surface area contributed by atoms with Crippen LogP contribution in [-0.2, 0) is 11.4 Å². The van der Waals surface area contributed by atoms with Gasteiger partial charge in [0.25, 0.3) is 5.91 Å². The molecule has 1 amide bonds. The van der Waals surface area contributed by atoms with Crippen LogP contribution in [0.15, 0.2) is 90.2 Å². The summed E-state index contributed by atoms with van der Waals surface area (Å²) in [6.45, 7) is 0.0553. The highest BCUT2D eigenvalue weighted by Gasteiger charge is 2.06. The summed E-state index contributed by atoms with van der Waals surface area (Å²) in [4.78, 5) is 27.4. The van der Waals surface area contributed by atoms with Crippen molar-refractivity contribution in [3.63, 3.8) is 0 Å². The highest BCUT2D eigenvalue weighted by Crippen LogP contribution is 2.22. The number of carbonyl (C=O) groups excluding carboxylic acids is 1. The van der Waals surface area contributed by atoms with Crippen molar-refractivity contribution in [3.8, 4) is 11.5 Å². The van der Waals surface area contributed by atoms with Gasteiger partial charge in [0.05, 0.1) is 11.8 Å². The standard InChI is InChI=1S/C26H21N3O5/c30-24(17-34-23-8-2-5-20-7-3-13-27-25(20)23)29-28-15-18-9-11-22(12-10-18)33-16-19-4-1-6-21(14-19)26(31)32/h1-15H,16-17H2,(H,29,30)(H,31,32)/b28-15-. The molecule has 170 valence electrons. The monoisotopic (exact) mass is 455 g/mol. The average molecular weight is 455 g/mol. The van der Waals surface area contributed by atoms with E-state index in [-0.39, 0.29) is 18.8 Å². The molecule has 0 bridgehead atoms. The van der Waals surface area contributed by atoms with Crippen molar-refractivity contribution in [2.45, 2.75) is 6.61 Å². The van der Waals surface area contributed by atoms with Gasteiger partial charge in [0.2, 0.25) is 0 Å². The Balaban J connectivity index is 1.25. The first-order valence-corrected chi connectivity index (χ1v) is 10.4. The van der Waals surface area contributed by atoms with Crippen molar-refractivity contribution in [1.29, 1.82) is 0 Å². The van der Waals surface area contributed by atoms with Gasteiger partial charge in [0.15, 0.2) is 6.61 Å². The second-order valence-corrected chi connectivity index (χ2v) is 7.28. The van der Waals surface area contributed by atoms with Crippen molar-refractivity contribution < 1.29 is 24.2 Å². The van der Waals surface area contributed by atoms with Gasteiger partial charge in [-0.1, -0.05) is 30.3 Å². The number of carboxylic acid groups (broad SMARTS) is 1. The number of benzene rings is 3. The SMILES string of the molecule is O=C(COc1cccc2cccnc12)N/N=C\c1ccc(OCc2cccc(C(=O)O)c2)cc1. The highest BCUT2D eigenvalue weighted by molar-refractivity contribution is 5.88. The van der Waals surface area contributed by atoms with Crippen molar-refractivity contribution in [1.82, 2.24) is 10.4 Å². The summed E-state index contributed by atoms with van der Waals surface area (Å²) >= 11 is 0. The van der Waals surface area contributed by atoms with Gasteiger partial charge in [0.1, 0.15) is 23.6 Å². The number of carbonyl (C=O) groups is 2. The number of aromatic carboxylic acids is 1. The van der Waals surface area contributed by atoms with Crippen LogP contribution in [0.2, 0.25) is 0 Å². The molecule has 0 saturated carbocycles. The van der Waals surface area contributed by atoms with Gasteiger partial charge in [-0.3, -0.25) is 9.78 Å². The number of hydrogen-bond donors (Lipinski definition) is 2. The molecule has 0 unspecified atom stereocenters. The van der Waals surface area contributed by atoms with Gasteiger partial charge in [-0.05, 0) is 59.7 Å². The number of para-hydroxylation sites is 1. The Bertz CT molecular complexity index is 1330. The van der Waals surface area contributed by atoms with Crippen LogP contribution in [-0.4, -0.2) is 34.8 Å². The van der Waals surface area contributed by atoms with E-state index in [1.807, 2.05) is 24.3 Å². The van der Waals surface area contributed by atoms with Gasteiger partial charge in [-0.15, -0.1) is 0 Å². The predicted molar refractivity (Wildman–Crippen MR) is 127 cm³/mol. The summed E-state index contributed by atoms with van der Waals surface area (Å²) < 4.78 is 11.3. The van der Waals surface area contributed by atoms with Gasteiger partial charge in [-0.25, -0.2) is 10.2 Å². The fourth-order valence-corrected chi connectivity index (χ4v) is 3.16. The molecule has 8 heteroatoms. The second kappa shape index (κ2) is 10.7. The van der Waals surface area contributed by atoms with Crippen molar-refractivity contribution in [3.05, 3.63) is 102 Å². The third kappa shape index (κ3) is 5.95. The molecule has 0 spiro atoms. The third-order valence-electron chi connectivity index (χ3n) is 4.82. The summed E-state index contributed by atoms with van der Waals surface area (Å²) in [5.41, 5.74) is 4.86. The van der Waals surface area contributed by atoms with E-state index in [0.29, 0.717) is 17.0 Å². The molecular weight excluding hydrogens is 434 g/mol. The van der Waals surface area contributed by atoms with Crippen molar-refractivity contribution in [2.24, 2.45) is 5.10 Å². The zero-order valence-corrected chi connectivity index (χ0v) is 18.0. The van der Waals surface area contributed by atoms with E-state index in [1.54, 1.807) is 54.7 Å². The molecule has 8 nitrogen and oxygen atoms in total. The molecule has 3 aromatic carbocycles. The minimum Gasteiger partial charge on any atom is -0.489 e. The van der Waals surface area contributed by atoms with E-state index < -0.39 is 11.9 Å². The maximum Gasteiger partial charge on any atom is 0.335 e. The average Bonchev–Trinajstić information content (AvgIpc) is 2.87. The number of hydrazone groups is 1. The lowest BCUT2D eigenvalue weighted by Crippen LogP contribution is -2.24. The molecule has 0 atom stereocenters. The van der Waals surface area contributed by atoms with Gasteiger partial charge in [-0.2, -0.15) is 5.10 Å². The molecule has 34 heavy (non-hydrogen) atoms. The van der Waals surface area contributed by atoms with E-state index >= 15 is 0 Å². The van der Waals surface area contributed by atoms with E-state index in [0.717, 1.165) is 16.5 Å². The molecule has 0 fully saturated rings. The zero-order valence-electron chi connectivity index (χ0n) is 18.0. The number of amides is 1. The predicted octanol–water partition coefficient (Wildman–Crippen LogP) is 4.04. The Labute approximate surface area is 195 Å². The third-order valence-corrected chi connectivity index (χ3v) is 4.82. The maximum atomic E-state index is 12.1. The van der Waals surface area contributed by atoms with Gasteiger partial charge >= 0.3 is 5.97 Å². The van der Waals surface area contributed by atoms with Crippen LogP contribution in [0.1, 0.15) is 21.5 Å². The quantitative estimate of drug-likeness (QED) is 0.291. The molecule has 2 N–H and O–H groups in total. The van der Waals surface area contributed by atoms with Crippen LogP contribution in [0.4, 0.5) is 0 Å². The minimum absolute atomic E-state index is 0.192. The molecule has 4 rings (SSSR count). The Kier molecular flexibility index (Phi) is 7.09. The number of fused-ring (bicyclic) bond motifs is 1. The summed E-state index contributed by atoms with van der Waals surface area (Å²) in [5, 5.41) is 13.9. The van der Waals surface area contributed by atoms with Gasteiger partial charge in [0, 0.05) is 11.6 Å². The van der Waals surface area contributed by atoms with Crippen molar-refractivity contribution >= 4 is 29.0 Å². The fraction of sp³-hybridized carbons (Fsp3) is 0.0769. The number of nitrogens with one attached hydrogen (secondary N) is 1. The first kappa shape index (κ1) is 22.5. The summed E-state index contributed by atoms with van der Waals surface area (Å²) in [6, 6.07) is 23.0. The Hall–Kier alpha value is -4.72. The second-order valence-electron chi connectivity index (χ2n) is 7.28. The van der Waals surface area contributed by atoms with Gasteiger partial charge < -0.3 is 14.6 Å². The first-order valence-electron chi connectivity index (χ1n) is 10.4. The number of hydrogen-bond acceptors (Lipinski definition) is 6. The minimum atomic E-state index is -0.977. The topological polar surface area (TPSA) is 110 Å². The lowest BCUT2D eigenvalue weighted by molar-refractivity contribution is -0.123. The van der Waals surface area contributed by atoms with Crippen LogP contribution in [0.3, 0.4) is 0 Å². The molecule has 0 aliphatic carbocycles. The molecule has 1 heterocycles. The van der Waals surface area contributed by atoms with Crippen LogP contribution >= 0.6 is 0 Å². The van der Waals surface area contributed by atoms with Crippen LogP contribution in [0, 0.1) is 0 Å². The lowest BCUT2D eigenvalue weighted by Gasteiger charge is -2.08. The molecule has 0 saturated heterocycles. The largest absolute Gasteiger partial charge is 0.489 e. The normalized spacial score (nSPS) is 10.8. The molecule has 0 aliphatic rings. The summed E-state index contributed by atoms with van der Waals surface area (Å²) in [7, 11) is 0. The Morgan fingerprint density at radius 2 is 1.76 bits per heavy atom. The summed E-state index contributed by atoms with van der Waals surface area (Å²) in [5.74, 6) is -0.219. The van der Waals surface area contributed by atoms with Crippen LogP contribution in [0.25, 0.3) is 10.9 Å². The highest BCUT2D eigenvalue weighted by atomic mass is 16.5. The molecule has 0 aliphatic heterocycles. The zero-order chi connectivity index (χ0) is 23.8. The Morgan fingerprint density at radius 3 is 2.59 bits per heavy atom. The smallest absolute Gasteiger partial charge is 0.335 e. The molecular formula is C26H21N3O5. The fourth-order valence-electron chi connectivity index (χ4n) is 3.16. The molecule has 1 aromatic heterocycles. The van der Waals surface area contributed by atoms with E-state index in [2.05, 4.69) is 15.5 Å². The van der Waals surface area contributed by atoms with E-state index in [9.17, 15) is 9.59 Å². The van der Waals surface area contributed by atoms with E-state index in [1.165, 1.54) is 12.3 Å². The number of ether oxygens (including phenoxy) is 2. The number of nitrogens with zero attached hydrogens (tertiary/aromatic N) is 2. The van der Waals surface area contributed by atoms with Crippen molar-refractivity contribution in [2.75, 3.05) is 6.61 Å². The number of aromatic nitrogens is 1. The molecule has 0 radical (unpaired) electrons. The lowest BCUT2D eigenvalue weighted by atomic mass is 10.1. The number of rotatable bonds is 9. The molecule has 4 aromatic rings. The maximum absolute atomic E-state index is 12.1. The summed E-state index contributed by atoms with van der Waals surface area (Å²) in [6.07, 6.45) is 3.18. The van der Waals surface area contributed by atoms with Crippen LogP contribution in [0.5, 0.6) is 11.5 Å². The number of pyridine rings is 1. The first-order chi connectivity index (χ1) is 16.6. The van der Waals surface area contributed by atoms with Crippen LogP contribution < -0.4 is 14.9 Å². The Morgan fingerprint density at radius 1 is 0.971 bits per heavy atom. The van der Waals surface area contributed by atoms with E-state index in [4.69, 9.17) is 14.6 Å². The number of carboxylic acids is 1.